The van der Waals surface area contributed by atoms with Crippen LogP contribution in [-0.2, 0) is 80.7 Å². The minimum atomic E-state index is -2.39. The molecule has 0 aromatic heterocycles. The van der Waals surface area contributed by atoms with Crippen LogP contribution in [0.1, 0.15) is 120 Å². The highest BCUT2D eigenvalue weighted by Gasteiger charge is 2.72. The number of aliphatic hydroxyl groups excluding tert-OH is 19. The zero-order valence-corrected chi connectivity index (χ0v) is 60.4. The molecule has 0 spiro atoms. The van der Waals surface area contributed by atoms with Gasteiger partial charge in [-0.1, -0.05) is 53.2 Å². The average Bonchev–Trinajstić information content (AvgIpc) is 0.674. The number of esters is 2. The van der Waals surface area contributed by atoms with Crippen LogP contribution in [0, 0.1) is 50.2 Å². The summed E-state index contributed by atoms with van der Waals surface area (Å²) >= 11 is 0. The van der Waals surface area contributed by atoms with Gasteiger partial charge < -0.3 is 168 Å². The molecule has 36 nitrogen and oxygen atoms in total. The van der Waals surface area contributed by atoms with Crippen molar-refractivity contribution in [2.45, 2.75) is 328 Å². The van der Waals surface area contributed by atoms with Gasteiger partial charge in [0.1, 0.15) is 147 Å². The van der Waals surface area contributed by atoms with E-state index in [9.17, 15) is 107 Å². The van der Waals surface area contributed by atoms with E-state index in [0.717, 1.165) is 11.9 Å². The van der Waals surface area contributed by atoms with Crippen LogP contribution in [0.15, 0.2) is 11.6 Å². The third-order valence-electron chi connectivity index (χ3n) is 26.8. The monoisotopic (exact) mass is 1530 g/mol. The minimum Gasteiger partial charge on any atom is -0.432 e. The van der Waals surface area contributed by atoms with E-state index in [2.05, 4.69) is 40.7 Å². The number of ether oxygens (including phenoxy) is 14. The molecular formula is C70H110O36. The Hall–Kier alpha value is -2.89. The number of carbonyl (C=O) groups is 3. The van der Waals surface area contributed by atoms with Crippen LogP contribution >= 0.6 is 0 Å². The van der Waals surface area contributed by atoms with Gasteiger partial charge in [-0.2, -0.15) is 0 Å². The molecule has 0 aromatic rings. The first kappa shape index (κ1) is 82.6. The van der Waals surface area contributed by atoms with E-state index in [0.29, 0.717) is 57.8 Å². The van der Waals surface area contributed by atoms with Crippen molar-refractivity contribution in [2.75, 3.05) is 26.4 Å². The predicted octanol–water partition coefficient (Wildman–Crippen LogP) is -6.52. The Kier molecular flexibility index (Phi) is 24.3. The topological polar surface area (TPSA) is 565 Å². The second-order valence-electron chi connectivity index (χ2n) is 33.5. The lowest BCUT2D eigenvalue weighted by Crippen LogP contribution is -2.69. The summed E-state index contributed by atoms with van der Waals surface area (Å²) in [4.78, 5) is 44.5. The maximum atomic E-state index is 15.5. The summed E-state index contributed by atoms with van der Waals surface area (Å²) in [7, 11) is 0. The largest absolute Gasteiger partial charge is 0.432 e. The molecular weight excluding hydrogens is 1420 g/mol. The van der Waals surface area contributed by atoms with Crippen molar-refractivity contribution in [2.24, 2.45) is 50.2 Å². The molecule has 0 aromatic carbocycles. The third-order valence-corrected chi connectivity index (χ3v) is 26.8. The Morgan fingerprint density at radius 2 is 1.00 bits per heavy atom. The molecule has 7 saturated heterocycles. The first-order valence-corrected chi connectivity index (χ1v) is 36.9. The normalized spacial score (nSPS) is 54.6. The van der Waals surface area contributed by atoms with Crippen LogP contribution in [0.3, 0.4) is 0 Å². The summed E-state index contributed by atoms with van der Waals surface area (Å²) in [5.74, 6) is -3.22. The molecule has 4 saturated carbocycles. The molecule has 0 radical (unpaired) electrons. The lowest BCUT2D eigenvalue weighted by atomic mass is 9.33. The van der Waals surface area contributed by atoms with Gasteiger partial charge in [-0.05, 0) is 117 Å². The summed E-state index contributed by atoms with van der Waals surface area (Å²) in [5, 5.41) is 208. The van der Waals surface area contributed by atoms with Crippen molar-refractivity contribution < 1.29 is 178 Å². The lowest BCUT2D eigenvalue weighted by Gasteiger charge is -2.71. The summed E-state index contributed by atoms with van der Waals surface area (Å²) in [5.41, 5.74) is -3.62. The highest BCUT2D eigenvalue weighted by atomic mass is 16.8. The fourth-order valence-electron chi connectivity index (χ4n) is 20.0. The summed E-state index contributed by atoms with van der Waals surface area (Å²) in [6.45, 7) is 12.6. The van der Waals surface area contributed by atoms with Gasteiger partial charge in [-0.3, -0.25) is 4.79 Å². The lowest BCUT2D eigenvalue weighted by molar-refractivity contribution is -0.396. The molecule has 7 heterocycles. The molecule has 7 aliphatic heterocycles. The molecule has 12 rings (SSSR count). The van der Waals surface area contributed by atoms with E-state index in [1.807, 2.05) is 0 Å². The Morgan fingerprint density at radius 3 is 1.60 bits per heavy atom. The highest BCUT2D eigenvalue weighted by molar-refractivity contribution is 5.79. The summed E-state index contributed by atoms with van der Waals surface area (Å²) in [6, 6.07) is 0. The van der Waals surface area contributed by atoms with E-state index >= 15 is 4.79 Å². The smallest absolute Gasteiger partial charge is 0.340 e. The molecule has 0 amide bonds. The van der Waals surface area contributed by atoms with Crippen LogP contribution in [-0.4, -0.2) is 351 Å². The highest BCUT2D eigenvalue weighted by Crippen LogP contribution is 2.76. The number of aldehydes is 1. The van der Waals surface area contributed by atoms with Gasteiger partial charge in [0.2, 0.25) is 12.6 Å². The first-order chi connectivity index (χ1) is 49.8. The van der Waals surface area contributed by atoms with Crippen molar-refractivity contribution in [1.29, 1.82) is 0 Å². The van der Waals surface area contributed by atoms with E-state index in [-0.39, 0.29) is 17.8 Å². The fraction of sp³-hybridized carbons (Fsp3) is 0.929. The molecule has 42 atom stereocenters. The van der Waals surface area contributed by atoms with Gasteiger partial charge >= 0.3 is 11.9 Å². The Balaban J connectivity index is 0.806. The number of hydrogen-bond donors (Lipinski definition) is 19. The van der Waals surface area contributed by atoms with E-state index < -0.39 is 286 Å². The Bertz CT molecular complexity index is 3100. The van der Waals surface area contributed by atoms with Crippen molar-refractivity contribution in [3.8, 4) is 0 Å². The number of rotatable bonds is 17. The zero-order valence-electron chi connectivity index (χ0n) is 60.4. The second kappa shape index (κ2) is 31.1. The molecule has 0 unspecified atom stereocenters. The van der Waals surface area contributed by atoms with Gasteiger partial charge in [-0.25, -0.2) is 4.79 Å². The maximum absolute atomic E-state index is 15.5. The van der Waals surface area contributed by atoms with Crippen LogP contribution in [0.4, 0.5) is 0 Å². The van der Waals surface area contributed by atoms with Crippen LogP contribution in [0.25, 0.3) is 0 Å². The van der Waals surface area contributed by atoms with Gasteiger partial charge in [0.15, 0.2) is 37.6 Å². The number of allylic oxidation sites excluding steroid dienone is 2. The third kappa shape index (κ3) is 14.2. The van der Waals surface area contributed by atoms with Crippen molar-refractivity contribution in [1.82, 2.24) is 0 Å². The second-order valence-corrected chi connectivity index (χ2v) is 33.5. The number of hydrogen-bond acceptors (Lipinski definition) is 36. The molecule has 19 N–H and O–H groups in total. The van der Waals surface area contributed by atoms with Gasteiger partial charge in [0, 0.05) is 0 Å². The number of fused-ring (bicyclic) bond motifs is 7. The number of carbonyl (C=O) groups excluding carboxylic acids is 3. The molecule has 0 bridgehead atoms. The first-order valence-electron chi connectivity index (χ1n) is 36.9. The Morgan fingerprint density at radius 1 is 0.472 bits per heavy atom. The SMILES string of the molecule is C[C@@H]1O[C@@H](O[C@H]2[C@@H](O)[C@@H](C)O[C@@H](OC(=O)[C@]34CCC(C)(C)C[C@H]3C3=CC[C@@H]5[C@@]6(C)CC[C@H](O[C@@H]7O[C@H](C(=O)O[C@@H]8OC[C@H](O)[C@H](O)[C@H]8O)[C@@H](O)[C@H](O[C@@H]8O[C@H](CO)[C@H](O)[C@H](O)[C@H]8O)[C@H]7O[C@@H]7O[C@H](CO)[C@H](O)[C@H](O)[C@H]7O)[C@@](C)(C=O)[C@H]6CC[C@@]5(C)[C@]3(C)CC4)[C@@H]2O)[C@H](O)[C@H](O)[C@H]1O[C@@H]1OC[C@@H](O)[C@H](O)[C@H]1O. The number of aliphatic hydroxyl groups is 19. The average molecular weight is 1530 g/mol. The molecule has 106 heavy (non-hydrogen) atoms. The minimum absolute atomic E-state index is 0.0710. The molecule has 12 aliphatic rings. The van der Waals surface area contributed by atoms with E-state index in [4.69, 9.17) is 66.3 Å². The zero-order chi connectivity index (χ0) is 77.3. The van der Waals surface area contributed by atoms with Crippen molar-refractivity contribution in [3.05, 3.63) is 11.6 Å². The molecule has 11 fully saturated rings. The van der Waals surface area contributed by atoms with E-state index in [1.54, 1.807) is 6.92 Å². The maximum Gasteiger partial charge on any atom is 0.340 e. The van der Waals surface area contributed by atoms with Gasteiger partial charge in [0.05, 0.1) is 55.6 Å². The molecule has 5 aliphatic carbocycles. The summed E-state index contributed by atoms with van der Waals surface area (Å²) in [6.07, 6.45) is -54.5. The standard InChI is InChI=1S/C70H110O36/c1-25-36(76)52(101-59-48(88)43(83)51(26(2)96-59)100-57-44(84)37(77)29(74)22-93-57)50(90)62(95-25)106-64(92)70-17-15-65(3,4)19-28(70)27-9-10-34-66(5)13-12-35(67(6,24-73)33(66)11-14-69(34,8)68(27,7)16-18-70)99-63-55(104-61-47(87)42(82)40(80)32(21-72)98-61)53(102-60-46(86)41(81)39(79)31(20-71)97-60)49(89)54(103-63)56(91)105-58-45(85)38(78)30(75)23-94-58/h9,24-26,28-55,57-63,71-72,74-90H,10-23H2,1-8H3/t25-,26+,28+,29-,30+,31-,32-,33+,34-,35+,36+,37+,38+,39+,40+,41+,42+,43+,44-,45-,46-,47-,48-,49+,50-,51+,52+,53+,54+,55-,57+,58+,59+,60+,61+,62+,63-,66+,67+,68-,69-,70+/m1/s1. The van der Waals surface area contributed by atoms with Crippen molar-refractivity contribution >= 4 is 18.2 Å². The molecule has 606 valence electrons. The quantitative estimate of drug-likeness (QED) is 0.0279. The van der Waals surface area contributed by atoms with Gasteiger partial charge in [0.25, 0.3) is 0 Å². The van der Waals surface area contributed by atoms with Crippen LogP contribution in [0.5, 0.6) is 0 Å². The predicted molar refractivity (Wildman–Crippen MR) is 346 cm³/mol. The fourth-order valence-corrected chi connectivity index (χ4v) is 20.0. The van der Waals surface area contributed by atoms with Crippen molar-refractivity contribution in [3.63, 3.8) is 0 Å². The molecule has 36 heteroatoms. The Labute approximate surface area is 610 Å². The van der Waals surface area contributed by atoms with Crippen LogP contribution in [0.2, 0.25) is 0 Å². The van der Waals surface area contributed by atoms with Gasteiger partial charge in [-0.15, -0.1) is 0 Å². The summed E-state index contributed by atoms with van der Waals surface area (Å²) < 4.78 is 83.5. The van der Waals surface area contributed by atoms with Crippen LogP contribution < -0.4 is 0 Å². The van der Waals surface area contributed by atoms with E-state index in [1.165, 1.54) is 13.8 Å².